The van der Waals surface area contributed by atoms with E-state index in [0.29, 0.717) is 6.42 Å². The number of carboxylic acids is 1. The van der Waals surface area contributed by atoms with Crippen molar-refractivity contribution in [2.45, 2.75) is 39.2 Å². The molecule has 1 aliphatic rings. The molecule has 1 atom stereocenters. The molecule has 0 fully saturated rings. The van der Waals surface area contributed by atoms with Gasteiger partial charge < -0.3 is 5.11 Å². The fourth-order valence-corrected chi connectivity index (χ4v) is 5.19. The molecule has 4 aromatic rings. The number of fused-ring (bicyclic) bond motifs is 1. The van der Waals surface area contributed by atoms with Gasteiger partial charge in [0.1, 0.15) is 0 Å². The number of carboxylic acid groups (broad SMARTS) is 1. The maximum atomic E-state index is 13.2. The highest BCUT2D eigenvalue weighted by atomic mass is 79.9. The lowest BCUT2D eigenvalue weighted by Crippen LogP contribution is -2.27. The molecule has 0 aliphatic carbocycles. The van der Waals surface area contributed by atoms with Gasteiger partial charge in [-0.2, -0.15) is 5.10 Å². The summed E-state index contributed by atoms with van der Waals surface area (Å²) >= 11 is 3.48. The molecule has 1 N–H and O–H groups in total. The van der Waals surface area contributed by atoms with Crippen LogP contribution in [0.15, 0.2) is 82.4 Å². The van der Waals surface area contributed by atoms with E-state index >= 15 is 0 Å². The number of rotatable bonds is 6. The first-order valence-electron chi connectivity index (χ1n) is 12.2. The summed E-state index contributed by atoms with van der Waals surface area (Å²) in [6.45, 7) is 4.04. The van der Waals surface area contributed by atoms with E-state index in [9.17, 15) is 9.59 Å². The van der Waals surface area contributed by atoms with Crippen LogP contribution in [0, 0.1) is 13.8 Å². The van der Waals surface area contributed by atoms with Crippen molar-refractivity contribution >= 4 is 44.4 Å². The molecule has 1 unspecified atom stereocenters. The average molecular weight is 556 g/mol. The van der Waals surface area contributed by atoms with Crippen molar-refractivity contribution in [1.82, 2.24) is 9.99 Å². The van der Waals surface area contributed by atoms with Crippen molar-refractivity contribution < 1.29 is 14.7 Å². The number of carbonyl (C=O) groups excluding carboxylic acids is 1. The van der Waals surface area contributed by atoms with Crippen LogP contribution in [-0.2, 0) is 9.59 Å². The molecule has 1 amide bonds. The lowest BCUT2D eigenvalue weighted by molar-refractivity contribution is -0.141. The van der Waals surface area contributed by atoms with E-state index in [2.05, 4.69) is 47.1 Å². The van der Waals surface area contributed by atoms with E-state index in [0.717, 1.165) is 54.6 Å². The van der Waals surface area contributed by atoms with Crippen LogP contribution in [0.1, 0.15) is 47.7 Å². The Morgan fingerprint density at radius 3 is 2.41 bits per heavy atom. The van der Waals surface area contributed by atoms with Crippen molar-refractivity contribution in [3.63, 3.8) is 0 Å². The number of halogens is 1. The van der Waals surface area contributed by atoms with Crippen molar-refractivity contribution in [3.05, 3.63) is 99.7 Å². The number of carbonyl (C=O) groups is 2. The largest absolute Gasteiger partial charge is 0.481 e. The van der Waals surface area contributed by atoms with Crippen molar-refractivity contribution in [2.75, 3.05) is 0 Å². The second-order valence-electron chi connectivity index (χ2n) is 9.28. The molecule has 37 heavy (non-hydrogen) atoms. The molecule has 6 nitrogen and oxygen atoms in total. The first-order valence-corrected chi connectivity index (χ1v) is 12.9. The number of pyridine rings is 1. The summed E-state index contributed by atoms with van der Waals surface area (Å²) < 4.78 is 0.940. The number of benzene rings is 3. The number of hydrogen-bond acceptors (Lipinski definition) is 4. The minimum Gasteiger partial charge on any atom is -0.481 e. The predicted octanol–water partition coefficient (Wildman–Crippen LogP) is 6.82. The maximum Gasteiger partial charge on any atom is 0.303 e. The Bertz CT molecular complexity index is 1530. The molecular formula is C30H26BrN3O3. The van der Waals surface area contributed by atoms with Crippen LogP contribution in [0.3, 0.4) is 0 Å². The van der Waals surface area contributed by atoms with E-state index in [1.807, 2.05) is 55.5 Å². The number of aryl methyl sites for hydroxylation is 2. The Kier molecular flexibility index (Phi) is 6.89. The van der Waals surface area contributed by atoms with Gasteiger partial charge in [-0.1, -0.05) is 70.0 Å². The number of hydrogen-bond donors (Lipinski definition) is 1. The molecule has 7 heteroatoms. The van der Waals surface area contributed by atoms with Gasteiger partial charge in [0.05, 0.1) is 23.7 Å². The number of amides is 1. The third-order valence-electron chi connectivity index (χ3n) is 6.65. The second kappa shape index (κ2) is 10.3. The van der Waals surface area contributed by atoms with E-state index in [4.69, 9.17) is 15.2 Å². The summed E-state index contributed by atoms with van der Waals surface area (Å²) in [4.78, 5) is 29.3. The summed E-state index contributed by atoms with van der Waals surface area (Å²) in [5.41, 5.74) is 7.59. The molecule has 0 radical (unpaired) electrons. The van der Waals surface area contributed by atoms with Crippen LogP contribution >= 0.6 is 15.9 Å². The standard InChI is InChI=1S/C30H26BrN3O3/c1-18-8-13-24-23(16-18)30(21-6-4-3-5-7-21)29(19(2)32-24)25-17-26(20-9-11-22(31)12-10-20)34(33-25)27(35)14-15-28(36)37/h3-13,16,26H,14-15,17H2,1-2H3,(H,36,37). The number of aromatic nitrogens is 1. The van der Waals surface area contributed by atoms with Crippen LogP contribution in [0.5, 0.6) is 0 Å². The van der Waals surface area contributed by atoms with Crippen molar-refractivity contribution in [3.8, 4) is 11.1 Å². The molecule has 2 heterocycles. The summed E-state index contributed by atoms with van der Waals surface area (Å²) in [7, 11) is 0. The highest BCUT2D eigenvalue weighted by molar-refractivity contribution is 9.10. The Balaban J connectivity index is 1.69. The Hall–Kier alpha value is -3.84. The van der Waals surface area contributed by atoms with E-state index in [1.165, 1.54) is 5.01 Å². The topological polar surface area (TPSA) is 82.9 Å². The molecule has 0 saturated heterocycles. The van der Waals surface area contributed by atoms with Crippen molar-refractivity contribution in [1.29, 1.82) is 0 Å². The van der Waals surface area contributed by atoms with Gasteiger partial charge in [-0.3, -0.25) is 14.6 Å². The van der Waals surface area contributed by atoms with Gasteiger partial charge in [-0.05, 0) is 49.2 Å². The normalized spacial score (nSPS) is 15.2. The summed E-state index contributed by atoms with van der Waals surface area (Å²) in [5, 5.41) is 16.5. The first kappa shape index (κ1) is 24.8. The molecule has 0 saturated carbocycles. The first-order chi connectivity index (χ1) is 17.8. The van der Waals surface area contributed by atoms with Gasteiger partial charge in [0.25, 0.3) is 0 Å². The van der Waals surface area contributed by atoms with Crippen LogP contribution in [0.2, 0.25) is 0 Å². The molecule has 3 aromatic carbocycles. The molecular weight excluding hydrogens is 530 g/mol. The molecule has 0 bridgehead atoms. The fraction of sp³-hybridized carbons (Fsp3) is 0.200. The molecule has 1 aromatic heterocycles. The second-order valence-corrected chi connectivity index (χ2v) is 10.2. The average Bonchev–Trinajstić information content (AvgIpc) is 3.32. The van der Waals surface area contributed by atoms with E-state index < -0.39 is 5.97 Å². The van der Waals surface area contributed by atoms with Crippen LogP contribution in [0.4, 0.5) is 0 Å². The van der Waals surface area contributed by atoms with Gasteiger partial charge in [0.15, 0.2) is 0 Å². The summed E-state index contributed by atoms with van der Waals surface area (Å²) in [6, 6.07) is 23.9. The van der Waals surface area contributed by atoms with Crippen LogP contribution < -0.4 is 0 Å². The number of hydrazone groups is 1. The number of aliphatic carboxylic acids is 1. The zero-order valence-electron chi connectivity index (χ0n) is 20.6. The van der Waals surface area contributed by atoms with Crippen molar-refractivity contribution in [2.24, 2.45) is 5.10 Å². The van der Waals surface area contributed by atoms with Crippen LogP contribution in [0.25, 0.3) is 22.0 Å². The van der Waals surface area contributed by atoms with E-state index in [-0.39, 0.29) is 24.8 Å². The smallest absolute Gasteiger partial charge is 0.303 e. The highest BCUT2D eigenvalue weighted by Gasteiger charge is 2.35. The lowest BCUT2D eigenvalue weighted by Gasteiger charge is -2.22. The monoisotopic (exact) mass is 555 g/mol. The third kappa shape index (κ3) is 5.04. The minimum absolute atomic E-state index is 0.112. The van der Waals surface area contributed by atoms with Gasteiger partial charge in [-0.15, -0.1) is 0 Å². The lowest BCUT2D eigenvalue weighted by atomic mass is 9.89. The number of nitrogens with zero attached hydrogens (tertiary/aromatic N) is 3. The molecule has 0 spiro atoms. The SMILES string of the molecule is Cc1ccc2nc(C)c(C3=NN(C(=O)CCC(=O)O)C(c4ccc(Br)cc4)C3)c(-c3ccccc3)c2c1. The molecule has 1 aliphatic heterocycles. The minimum atomic E-state index is -1.01. The third-order valence-corrected chi connectivity index (χ3v) is 7.17. The molecule has 186 valence electrons. The van der Waals surface area contributed by atoms with Gasteiger partial charge in [0, 0.05) is 39.5 Å². The summed E-state index contributed by atoms with van der Waals surface area (Å²) in [5.74, 6) is -1.32. The van der Waals surface area contributed by atoms with Gasteiger partial charge in [0.2, 0.25) is 5.91 Å². The zero-order valence-corrected chi connectivity index (χ0v) is 22.2. The molecule has 5 rings (SSSR count). The quantitative estimate of drug-likeness (QED) is 0.283. The zero-order chi connectivity index (χ0) is 26.1. The Morgan fingerprint density at radius 1 is 0.973 bits per heavy atom. The highest BCUT2D eigenvalue weighted by Crippen LogP contribution is 2.40. The fourth-order valence-electron chi connectivity index (χ4n) is 4.92. The van der Waals surface area contributed by atoms with E-state index in [1.54, 1.807) is 0 Å². The summed E-state index contributed by atoms with van der Waals surface area (Å²) in [6.07, 6.45) is 0.150. The van der Waals surface area contributed by atoms with Crippen LogP contribution in [-0.4, -0.2) is 32.7 Å². The van der Waals surface area contributed by atoms with Gasteiger partial charge in [-0.25, -0.2) is 5.01 Å². The Morgan fingerprint density at radius 2 is 1.70 bits per heavy atom. The maximum absolute atomic E-state index is 13.2. The predicted molar refractivity (Wildman–Crippen MR) is 148 cm³/mol. The van der Waals surface area contributed by atoms with Gasteiger partial charge >= 0.3 is 5.97 Å². The Labute approximate surface area is 223 Å².